The van der Waals surface area contributed by atoms with E-state index in [0.29, 0.717) is 5.56 Å². The maximum absolute atomic E-state index is 11.9. The second-order valence-corrected chi connectivity index (χ2v) is 6.04. The molecule has 2 nitrogen and oxygen atoms in total. The molecule has 2 aliphatic rings. The molecular formula is C19H17NO. The molecular weight excluding hydrogens is 258 g/mol. The minimum absolute atomic E-state index is 0.337. The van der Waals surface area contributed by atoms with Gasteiger partial charge in [0.2, 0.25) is 5.91 Å². The Bertz CT molecular complexity index is 815. The molecule has 0 bridgehead atoms. The van der Waals surface area contributed by atoms with Crippen LogP contribution in [0.4, 0.5) is 0 Å². The zero-order valence-corrected chi connectivity index (χ0v) is 12.1. The van der Waals surface area contributed by atoms with Gasteiger partial charge in [-0.05, 0) is 65.6 Å². The van der Waals surface area contributed by atoms with Gasteiger partial charge in [-0.2, -0.15) is 0 Å². The fourth-order valence-electron chi connectivity index (χ4n) is 3.56. The number of hydrogen-bond donors (Lipinski definition) is 1. The van der Waals surface area contributed by atoms with E-state index in [1.807, 2.05) is 12.1 Å². The van der Waals surface area contributed by atoms with Crippen LogP contribution >= 0.6 is 0 Å². The van der Waals surface area contributed by atoms with Crippen LogP contribution in [0.2, 0.25) is 0 Å². The summed E-state index contributed by atoms with van der Waals surface area (Å²) in [5.41, 5.74) is 15.1. The SMILES string of the molecule is CC1=Cc2c(cccc2-c2c(C(N)=O)ccc3c2CC3)C1. The van der Waals surface area contributed by atoms with Crippen LogP contribution in [0.25, 0.3) is 17.2 Å². The number of allylic oxidation sites excluding steroid dienone is 1. The molecule has 0 heterocycles. The summed E-state index contributed by atoms with van der Waals surface area (Å²) in [6, 6.07) is 10.3. The summed E-state index contributed by atoms with van der Waals surface area (Å²) in [7, 11) is 0. The highest BCUT2D eigenvalue weighted by Gasteiger charge is 2.25. The smallest absolute Gasteiger partial charge is 0.249 e. The highest BCUT2D eigenvalue weighted by atomic mass is 16.1. The quantitative estimate of drug-likeness (QED) is 0.895. The fraction of sp³-hybridized carbons (Fsp3) is 0.211. The molecule has 0 unspecified atom stereocenters. The van der Waals surface area contributed by atoms with Gasteiger partial charge in [-0.25, -0.2) is 0 Å². The first-order chi connectivity index (χ1) is 10.1. The van der Waals surface area contributed by atoms with Gasteiger partial charge in [0.05, 0.1) is 0 Å². The predicted molar refractivity (Wildman–Crippen MR) is 85.2 cm³/mol. The van der Waals surface area contributed by atoms with Crippen LogP contribution < -0.4 is 5.73 Å². The first-order valence-corrected chi connectivity index (χ1v) is 7.39. The Balaban J connectivity index is 2.03. The van der Waals surface area contributed by atoms with Crippen molar-refractivity contribution in [2.45, 2.75) is 26.2 Å². The summed E-state index contributed by atoms with van der Waals surface area (Å²) in [5.74, 6) is -0.337. The summed E-state index contributed by atoms with van der Waals surface area (Å²) in [6.45, 7) is 2.15. The Morgan fingerprint density at radius 1 is 1.10 bits per heavy atom. The number of benzene rings is 2. The van der Waals surface area contributed by atoms with Gasteiger partial charge in [0.25, 0.3) is 0 Å². The van der Waals surface area contributed by atoms with E-state index < -0.39 is 0 Å². The molecule has 2 aromatic carbocycles. The van der Waals surface area contributed by atoms with Gasteiger partial charge in [0.15, 0.2) is 0 Å². The summed E-state index contributed by atoms with van der Waals surface area (Å²) in [6.07, 6.45) is 5.39. The zero-order chi connectivity index (χ0) is 14.6. The van der Waals surface area contributed by atoms with E-state index in [1.165, 1.54) is 27.8 Å². The first-order valence-electron chi connectivity index (χ1n) is 7.39. The van der Waals surface area contributed by atoms with Crippen molar-refractivity contribution in [3.8, 4) is 11.1 Å². The van der Waals surface area contributed by atoms with E-state index in [-0.39, 0.29) is 5.91 Å². The number of carbonyl (C=O) groups excluding carboxylic acids is 1. The standard InChI is InChI=1S/C19H17NO/c1-11-9-13-3-2-4-15(17(13)10-11)18-14-7-5-12(14)6-8-16(18)19(20)21/h2-4,6,8,10H,5,7,9H2,1H3,(H2,20,21). The van der Waals surface area contributed by atoms with E-state index in [0.717, 1.165) is 30.4 Å². The van der Waals surface area contributed by atoms with Gasteiger partial charge >= 0.3 is 0 Å². The molecule has 104 valence electrons. The monoisotopic (exact) mass is 275 g/mol. The van der Waals surface area contributed by atoms with Gasteiger partial charge in [-0.15, -0.1) is 0 Å². The summed E-state index contributed by atoms with van der Waals surface area (Å²) in [4.78, 5) is 11.9. The maximum Gasteiger partial charge on any atom is 0.249 e. The number of hydrogen-bond acceptors (Lipinski definition) is 1. The van der Waals surface area contributed by atoms with Gasteiger partial charge in [0.1, 0.15) is 0 Å². The van der Waals surface area contributed by atoms with Crippen molar-refractivity contribution < 1.29 is 4.79 Å². The number of nitrogens with two attached hydrogens (primary N) is 1. The summed E-state index contributed by atoms with van der Waals surface area (Å²) >= 11 is 0. The van der Waals surface area contributed by atoms with E-state index in [2.05, 4.69) is 31.2 Å². The molecule has 0 fully saturated rings. The van der Waals surface area contributed by atoms with Gasteiger partial charge in [0, 0.05) is 5.56 Å². The Kier molecular flexibility index (Phi) is 2.55. The topological polar surface area (TPSA) is 43.1 Å². The Labute approximate surface area is 124 Å². The third-order valence-corrected chi connectivity index (χ3v) is 4.65. The van der Waals surface area contributed by atoms with Gasteiger partial charge in [-0.1, -0.05) is 35.9 Å². The summed E-state index contributed by atoms with van der Waals surface area (Å²) in [5, 5.41) is 0. The van der Waals surface area contributed by atoms with Crippen molar-refractivity contribution in [1.29, 1.82) is 0 Å². The number of aryl methyl sites for hydroxylation is 1. The van der Waals surface area contributed by atoms with Crippen LogP contribution in [0, 0.1) is 0 Å². The largest absolute Gasteiger partial charge is 0.366 e. The molecule has 2 aliphatic carbocycles. The third kappa shape index (κ3) is 1.75. The lowest BCUT2D eigenvalue weighted by molar-refractivity contribution is 0.100. The Hall–Kier alpha value is -2.35. The minimum Gasteiger partial charge on any atom is -0.366 e. The zero-order valence-electron chi connectivity index (χ0n) is 12.1. The minimum atomic E-state index is -0.337. The van der Waals surface area contributed by atoms with E-state index in [1.54, 1.807) is 0 Å². The molecule has 0 atom stereocenters. The second kappa shape index (κ2) is 4.32. The molecule has 0 saturated carbocycles. The van der Waals surface area contributed by atoms with Crippen LogP contribution in [0.3, 0.4) is 0 Å². The van der Waals surface area contributed by atoms with Crippen molar-refractivity contribution in [2.75, 3.05) is 0 Å². The Morgan fingerprint density at radius 3 is 2.67 bits per heavy atom. The van der Waals surface area contributed by atoms with Crippen LogP contribution in [0.1, 0.15) is 39.5 Å². The normalized spacial score (nSPS) is 15.0. The van der Waals surface area contributed by atoms with Crippen molar-refractivity contribution >= 4 is 12.0 Å². The number of rotatable bonds is 2. The Morgan fingerprint density at radius 2 is 1.95 bits per heavy atom. The lowest BCUT2D eigenvalue weighted by atomic mass is 9.79. The second-order valence-electron chi connectivity index (χ2n) is 6.04. The predicted octanol–water partition coefficient (Wildman–Crippen LogP) is 3.51. The average Bonchev–Trinajstić information content (AvgIpc) is 2.79. The van der Waals surface area contributed by atoms with Gasteiger partial charge in [-0.3, -0.25) is 4.79 Å². The lowest BCUT2D eigenvalue weighted by Gasteiger charge is -2.25. The van der Waals surface area contributed by atoms with Crippen LogP contribution in [0.5, 0.6) is 0 Å². The van der Waals surface area contributed by atoms with E-state index in [9.17, 15) is 4.79 Å². The van der Waals surface area contributed by atoms with Gasteiger partial charge < -0.3 is 5.73 Å². The molecule has 2 N–H and O–H groups in total. The van der Waals surface area contributed by atoms with Crippen LogP contribution in [-0.2, 0) is 19.3 Å². The molecule has 0 saturated heterocycles. The number of carbonyl (C=O) groups is 1. The lowest BCUT2D eigenvalue weighted by Crippen LogP contribution is -2.18. The van der Waals surface area contributed by atoms with Crippen LogP contribution in [-0.4, -0.2) is 5.91 Å². The molecule has 2 heteroatoms. The molecule has 0 spiro atoms. The van der Waals surface area contributed by atoms with Crippen molar-refractivity contribution in [2.24, 2.45) is 5.73 Å². The molecule has 21 heavy (non-hydrogen) atoms. The van der Waals surface area contributed by atoms with Crippen molar-refractivity contribution in [3.05, 3.63) is 63.7 Å². The summed E-state index contributed by atoms with van der Waals surface area (Å²) < 4.78 is 0. The fourth-order valence-corrected chi connectivity index (χ4v) is 3.56. The average molecular weight is 275 g/mol. The molecule has 0 aliphatic heterocycles. The third-order valence-electron chi connectivity index (χ3n) is 4.65. The molecule has 1 amide bonds. The first kappa shape index (κ1) is 12.4. The molecule has 4 rings (SSSR count). The molecule has 0 radical (unpaired) electrons. The molecule has 0 aromatic heterocycles. The maximum atomic E-state index is 11.9. The highest BCUT2D eigenvalue weighted by molar-refractivity contribution is 6.02. The van der Waals surface area contributed by atoms with Crippen molar-refractivity contribution in [3.63, 3.8) is 0 Å². The van der Waals surface area contributed by atoms with E-state index in [4.69, 9.17) is 5.73 Å². The molecule has 2 aromatic rings. The number of amides is 1. The number of primary amides is 1. The van der Waals surface area contributed by atoms with Crippen LogP contribution in [0.15, 0.2) is 35.9 Å². The van der Waals surface area contributed by atoms with Crippen molar-refractivity contribution in [1.82, 2.24) is 0 Å². The number of fused-ring (bicyclic) bond motifs is 2. The van der Waals surface area contributed by atoms with E-state index >= 15 is 0 Å². The highest BCUT2D eigenvalue weighted by Crippen LogP contribution is 2.41.